The zero-order valence-electron chi connectivity index (χ0n) is 13.4. The summed E-state index contributed by atoms with van der Waals surface area (Å²) in [7, 11) is 1.63. The first-order valence-corrected chi connectivity index (χ1v) is 7.51. The van der Waals surface area contributed by atoms with Crippen LogP contribution >= 0.6 is 0 Å². The summed E-state index contributed by atoms with van der Waals surface area (Å²) in [6.07, 6.45) is 1.90. The lowest BCUT2D eigenvalue weighted by molar-refractivity contribution is 0.0607. The Labute approximate surface area is 126 Å². The van der Waals surface area contributed by atoms with Crippen LogP contribution < -0.4 is 5.32 Å². The molecule has 0 aliphatic rings. The molecule has 1 N–H and O–H groups in total. The SMILES string of the molecule is CCCNc1ccc(C(=O)N(CCOC)C(C)CC)nn1. The summed E-state index contributed by atoms with van der Waals surface area (Å²) in [6.45, 7) is 8.08. The fraction of sp³-hybridized carbons (Fsp3) is 0.667. The van der Waals surface area contributed by atoms with E-state index in [2.05, 4.69) is 29.4 Å². The largest absolute Gasteiger partial charge is 0.383 e. The van der Waals surface area contributed by atoms with Crippen LogP contribution in [0, 0.1) is 0 Å². The minimum atomic E-state index is -0.101. The number of rotatable bonds is 9. The summed E-state index contributed by atoms with van der Waals surface area (Å²) < 4.78 is 5.08. The van der Waals surface area contributed by atoms with Gasteiger partial charge in [0, 0.05) is 26.2 Å². The fourth-order valence-electron chi connectivity index (χ4n) is 1.87. The number of methoxy groups -OCH3 is 1. The Morgan fingerprint density at radius 2 is 2.14 bits per heavy atom. The number of aromatic nitrogens is 2. The van der Waals surface area contributed by atoms with Crippen molar-refractivity contribution in [3.05, 3.63) is 17.8 Å². The number of hydrogen-bond acceptors (Lipinski definition) is 5. The van der Waals surface area contributed by atoms with E-state index in [1.54, 1.807) is 24.1 Å². The van der Waals surface area contributed by atoms with E-state index in [-0.39, 0.29) is 11.9 Å². The average molecular weight is 294 g/mol. The molecule has 1 rings (SSSR count). The zero-order valence-corrected chi connectivity index (χ0v) is 13.4. The molecular formula is C15H26N4O2. The third-order valence-corrected chi connectivity index (χ3v) is 3.36. The van der Waals surface area contributed by atoms with Crippen molar-refractivity contribution < 1.29 is 9.53 Å². The average Bonchev–Trinajstić information content (AvgIpc) is 2.53. The summed E-state index contributed by atoms with van der Waals surface area (Å²) in [6, 6.07) is 3.66. The Bertz CT molecular complexity index is 422. The highest BCUT2D eigenvalue weighted by Crippen LogP contribution is 2.10. The van der Waals surface area contributed by atoms with Crippen LogP contribution in [-0.2, 0) is 4.74 Å². The zero-order chi connectivity index (χ0) is 15.7. The van der Waals surface area contributed by atoms with Crippen molar-refractivity contribution in [2.24, 2.45) is 0 Å². The lowest BCUT2D eigenvalue weighted by Crippen LogP contribution is -2.41. The van der Waals surface area contributed by atoms with Crippen LogP contribution in [0.15, 0.2) is 12.1 Å². The van der Waals surface area contributed by atoms with Gasteiger partial charge in [-0.25, -0.2) is 0 Å². The van der Waals surface area contributed by atoms with Crippen molar-refractivity contribution in [2.75, 3.05) is 32.1 Å². The predicted octanol–water partition coefficient (Wildman–Crippen LogP) is 2.19. The van der Waals surface area contributed by atoms with E-state index < -0.39 is 0 Å². The normalized spacial score (nSPS) is 12.0. The molecule has 0 spiro atoms. The third kappa shape index (κ3) is 5.30. The molecule has 1 aromatic rings. The highest BCUT2D eigenvalue weighted by atomic mass is 16.5. The molecule has 0 fully saturated rings. The van der Waals surface area contributed by atoms with Crippen molar-refractivity contribution in [1.29, 1.82) is 0 Å². The van der Waals surface area contributed by atoms with Crippen molar-refractivity contribution in [2.45, 2.75) is 39.7 Å². The van der Waals surface area contributed by atoms with Gasteiger partial charge >= 0.3 is 0 Å². The van der Waals surface area contributed by atoms with Crippen LogP contribution in [0.3, 0.4) is 0 Å². The van der Waals surface area contributed by atoms with Gasteiger partial charge in [0.2, 0.25) is 0 Å². The van der Waals surface area contributed by atoms with Gasteiger partial charge in [-0.3, -0.25) is 4.79 Å². The number of ether oxygens (including phenoxy) is 1. The van der Waals surface area contributed by atoms with Crippen molar-refractivity contribution in [3.8, 4) is 0 Å². The molecule has 0 saturated heterocycles. The van der Waals surface area contributed by atoms with Gasteiger partial charge in [-0.15, -0.1) is 10.2 Å². The molecule has 0 radical (unpaired) electrons. The lowest BCUT2D eigenvalue weighted by atomic mass is 10.2. The summed E-state index contributed by atoms with van der Waals surface area (Å²) in [5, 5.41) is 11.2. The fourth-order valence-corrected chi connectivity index (χ4v) is 1.87. The monoisotopic (exact) mass is 294 g/mol. The second-order valence-electron chi connectivity index (χ2n) is 4.98. The Morgan fingerprint density at radius 3 is 2.67 bits per heavy atom. The molecule has 0 aromatic carbocycles. The van der Waals surface area contributed by atoms with Gasteiger partial charge in [-0.2, -0.15) is 0 Å². The third-order valence-electron chi connectivity index (χ3n) is 3.36. The van der Waals surface area contributed by atoms with Crippen LogP contribution in [0.2, 0.25) is 0 Å². The Morgan fingerprint density at radius 1 is 1.38 bits per heavy atom. The van der Waals surface area contributed by atoms with Gasteiger partial charge in [0.25, 0.3) is 5.91 Å². The van der Waals surface area contributed by atoms with Crippen molar-refractivity contribution in [3.63, 3.8) is 0 Å². The molecule has 1 unspecified atom stereocenters. The summed E-state index contributed by atoms with van der Waals surface area (Å²) in [5.74, 6) is 0.594. The quantitative estimate of drug-likeness (QED) is 0.756. The van der Waals surface area contributed by atoms with Gasteiger partial charge in [0.15, 0.2) is 5.69 Å². The predicted molar refractivity (Wildman–Crippen MR) is 83.5 cm³/mol. The number of hydrogen-bond donors (Lipinski definition) is 1. The van der Waals surface area contributed by atoms with Crippen LogP contribution in [0.5, 0.6) is 0 Å². The minimum absolute atomic E-state index is 0.101. The van der Waals surface area contributed by atoms with Gasteiger partial charge in [-0.05, 0) is 31.9 Å². The second-order valence-corrected chi connectivity index (χ2v) is 4.98. The molecule has 1 aromatic heterocycles. The Hall–Kier alpha value is -1.69. The van der Waals surface area contributed by atoms with E-state index in [1.807, 2.05) is 6.92 Å². The van der Waals surface area contributed by atoms with Gasteiger partial charge in [0.05, 0.1) is 6.61 Å². The highest BCUT2D eigenvalue weighted by Gasteiger charge is 2.21. The van der Waals surface area contributed by atoms with E-state index >= 15 is 0 Å². The van der Waals surface area contributed by atoms with E-state index in [4.69, 9.17) is 4.74 Å². The molecule has 6 heteroatoms. The van der Waals surface area contributed by atoms with Gasteiger partial charge in [-0.1, -0.05) is 13.8 Å². The summed E-state index contributed by atoms with van der Waals surface area (Å²) in [4.78, 5) is 14.3. The maximum atomic E-state index is 12.5. The number of amides is 1. The van der Waals surface area contributed by atoms with Gasteiger partial charge < -0.3 is 15.0 Å². The van der Waals surface area contributed by atoms with E-state index in [1.165, 1.54) is 0 Å². The van der Waals surface area contributed by atoms with Gasteiger partial charge in [0.1, 0.15) is 5.82 Å². The second kappa shape index (κ2) is 9.28. The maximum Gasteiger partial charge on any atom is 0.274 e. The first-order valence-electron chi connectivity index (χ1n) is 7.51. The number of carbonyl (C=O) groups excluding carboxylic acids is 1. The topological polar surface area (TPSA) is 67.4 Å². The van der Waals surface area contributed by atoms with Crippen LogP contribution in [0.1, 0.15) is 44.1 Å². The van der Waals surface area contributed by atoms with Crippen LogP contribution in [-0.4, -0.2) is 53.9 Å². The standard InChI is InChI=1S/C15H26N4O2/c1-5-9-16-14-8-7-13(17-18-14)15(20)19(10-11-21-4)12(3)6-2/h7-8,12H,5-6,9-11H2,1-4H3,(H,16,18). The molecule has 0 aliphatic heterocycles. The molecule has 6 nitrogen and oxygen atoms in total. The highest BCUT2D eigenvalue weighted by molar-refractivity contribution is 5.92. The number of nitrogens with one attached hydrogen (secondary N) is 1. The molecule has 0 bridgehead atoms. The number of carbonyl (C=O) groups is 1. The minimum Gasteiger partial charge on any atom is -0.383 e. The summed E-state index contributed by atoms with van der Waals surface area (Å²) in [5.41, 5.74) is 0.369. The lowest BCUT2D eigenvalue weighted by Gasteiger charge is -2.27. The Kier molecular flexibility index (Phi) is 7.68. The molecule has 21 heavy (non-hydrogen) atoms. The molecule has 0 aliphatic carbocycles. The van der Waals surface area contributed by atoms with E-state index in [0.29, 0.717) is 24.7 Å². The van der Waals surface area contributed by atoms with Crippen LogP contribution in [0.4, 0.5) is 5.82 Å². The Balaban J connectivity index is 2.77. The number of anilines is 1. The van der Waals surface area contributed by atoms with E-state index in [9.17, 15) is 4.79 Å². The molecular weight excluding hydrogens is 268 g/mol. The molecule has 1 heterocycles. The molecule has 1 atom stereocenters. The van der Waals surface area contributed by atoms with Crippen molar-refractivity contribution in [1.82, 2.24) is 15.1 Å². The smallest absolute Gasteiger partial charge is 0.274 e. The number of nitrogens with zero attached hydrogens (tertiary/aromatic N) is 3. The molecule has 0 saturated carbocycles. The van der Waals surface area contributed by atoms with Crippen molar-refractivity contribution >= 4 is 11.7 Å². The summed E-state index contributed by atoms with van der Waals surface area (Å²) >= 11 is 0. The first-order chi connectivity index (χ1) is 10.1. The van der Waals surface area contributed by atoms with E-state index in [0.717, 1.165) is 19.4 Å². The first kappa shape index (κ1) is 17.4. The van der Waals surface area contributed by atoms with Crippen LogP contribution in [0.25, 0.3) is 0 Å². The molecule has 1 amide bonds. The maximum absolute atomic E-state index is 12.5. The molecule has 118 valence electrons.